The zero-order valence-corrected chi connectivity index (χ0v) is 41.6. The Labute approximate surface area is 388 Å². The van der Waals surface area contributed by atoms with Crippen molar-refractivity contribution in [3.63, 3.8) is 0 Å². The van der Waals surface area contributed by atoms with Gasteiger partial charge in [-0.3, -0.25) is 9.69 Å². The van der Waals surface area contributed by atoms with Gasteiger partial charge in [-0.1, -0.05) is 34.1 Å². The highest BCUT2D eigenvalue weighted by atomic mass is 16.7. The molecule has 0 aromatic rings. The molecule has 370 valence electrons. The summed E-state index contributed by atoms with van der Waals surface area (Å²) < 4.78 is 43.5. The third-order valence-electron chi connectivity index (χ3n) is 18.1. The van der Waals surface area contributed by atoms with Crippen LogP contribution in [0.4, 0.5) is 0 Å². The van der Waals surface area contributed by atoms with Crippen molar-refractivity contribution in [3.8, 4) is 0 Å². The summed E-state index contributed by atoms with van der Waals surface area (Å²) in [6.07, 6.45) is 18.4. The Hall–Kier alpha value is -0.930. The summed E-state index contributed by atoms with van der Waals surface area (Å²) in [5.41, 5.74) is 0.590. The molecule has 2 spiro atoms. The van der Waals surface area contributed by atoms with Gasteiger partial charge in [0.15, 0.2) is 6.29 Å². The second kappa shape index (κ2) is 22.7. The van der Waals surface area contributed by atoms with Gasteiger partial charge in [0.1, 0.15) is 6.10 Å². The molecule has 0 aromatic heterocycles. The number of morpholine rings is 1. The molecule has 2 heterocycles. The zero-order valence-electron chi connectivity index (χ0n) is 41.6. The van der Waals surface area contributed by atoms with Crippen molar-refractivity contribution in [2.45, 2.75) is 188 Å². The molecule has 0 bridgehead atoms. The lowest BCUT2D eigenvalue weighted by molar-refractivity contribution is -0.245. The van der Waals surface area contributed by atoms with Crippen molar-refractivity contribution in [2.24, 2.45) is 45.3 Å². The quantitative estimate of drug-likeness (QED) is 0.0709. The number of amides is 1. The van der Waals surface area contributed by atoms with Crippen molar-refractivity contribution >= 4 is 5.91 Å². The van der Waals surface area contributed by atoms with Crippen LogP contribution in [-0.2, 0) is 38.0 Å². The number of aliphatic hydroxyl groups is 1. The van der Waals surface area contributed by atoms with Crippen LogP contribution < -0.4 is 10.6 Å². The molecule has 12 atom stereocenters. The average molecular weight is 904 g/mol. The lowest BCUT2D eigenvalue weighted by atomic mass is 9.46. The molecule has 1 amide bonds. The van der Waals surface area contributed by atoms with Gasteiger partial charge in [0.2, 0.25) is 5.91 Å². The monoisotopic (exact) mass is 904 g/mol. The molecule has 64 heavy (non-hydrogen) atoms. The molecule has 9 unspecified atom stereocenters. The topological polar surface area (TPSA) is 129 Å². The van der Waals surface area contributed by atoms with Crippen LogP contribution in [0.2, 0.25) is 0 Å². The van der Waals surface area contributed by atoms with Crippen LogP contribution in [0.3, 0.4) is 0 Å². The second-order valence-corrected chi connectivity index (χ2v) is 22.7. The van der Waals surface area contributed by atoms with E-state index in [1.165, 1.54) is 51.4 Å². The number of hydrogen-bond acceptors (Lipinski definition) is 11. The summed E-state index contributed by atoms with van der Waals surface area (Å²) in [5, 5.41) is 17.6. The molecular formula is C52H93N3O9. The van der Waals surface area contributed by atoms with E-state index in [9.17, 15) is 9.90 Å². The van der Waals surface area contributed by atoms with E-state index in [4.69, 9.17) is 33.2 Å². The van der Waals surface area contributed by atoms with E-state index in [0.717, 1.165) is 109 Å². The summed E-state index contributed by atoms with van der Waals surface area (Å²) in [5.74, 6) is 3.06. The van der Waals surface area contributed by atoms with Crippen LogP contribution in [0.15, 0.2) is 0 Å². The largest absolute Gasteiger partial charge is 0.388 e. The van der Waals surface area contributed by atoms with Crippen molar-refractivity contribution in [1.29, 1.82) is 0 Å². The number of nitrogens with one attached hydrogen (secondary N) is 2. The van der Waals surface area contributed by atoms with E-state index in [1.54, 1.807) is 0 Å². The Balaban J connectivity index is 0.755. The number of hydrogen-bond donors (Lipinski definition) is 3. The van der Waals surface area contributed by atoms with Crippen LogP contribution in [0.25, 0.3) is 0 Å². The van der Waals surface area contributed by atoms with Gasteiger partial charge < -0.3 is 48.9 Å². The Bertz CT molecular complexity index is 1450. The van der Waals surface area contributed by atoms with Gasteiger partial charge in [0.05, 0.1) is 56.9 Å². The third kappa shape index (κ3) is 11.4. The maximum atomic E-state index is 11.6. The van der Waals surface area contributed by atoms with Crippen molar-refractivity contribution in [3.05, 3.63) is 0 Å². The van der Waals surface area contributed by atoms with Gasteiger partial charge >= 0.3 is 0 Å². The first-order chi connectivity index (χ1) is 30.8. The first-order valence-corrected chi connectivity index (χ1v) is 26.5. The first-order valence-electron chi connectivity index (χ1n) is 26.5. The summed E-state index contributed by atoms with van der Waals surface area (Å²) in [7, 11) is 0. The Morgan fingerprint density at radius 1 is 0.828 bits per heavy atom. The van der Waals surface area contributed by atoms with Gasteiger partial charge in [-0.05, 0) is 176 Å². The number of carbonyl (C=O) groups is 1. The van der Waals surface area contributed by atoms with E-state index < -0.39 is 5.60 Å². The molecule has 7 rings (SSSR count). The molecule has 5 aliphatic carbocycles. The highest BCUT2D eigenvalue weighted by Gasteiger charge is 2.80. The Kier molecular flexibility index (Phi) is 18.0. The molecule has 2 saturated heterocycles. The van der Waals surface area contributed by atoms with E-state index >= 15 is 0 Å². The molecule has 5 saturated carbocycles. The van der Waals surface area contributed by atoms with E-state index in [1.807, 2.05) is 20.8 Å². The van der Waals surface area contributed by atoms with Gasteiger partial charge in [-0.25, -0.2) is 0 Å². The van der Waals surface area contributed by atoms with Crippen LogP contribution in [0.1, 0.15) is 151 Å². The second-order valence-electron chi connectivity index (χ2n) is 22.7. The minimum atomic E-state index is -0.910. The average Bonchev–Trinajstić information content (AvgIpc) is 3.84. The Morgan fingerprint density at radius 3 is 2.28 bits per heavy atom. The highest BCUT2D eigenvalue weighted by molar-refractivity contribution is 5.75. The number of carbonyl (C=O) groups excluding carboxylic acids is 1. The minimum Gasteiger partial charge on any atom is -0.388 e. The number of rotatable bonds is 27. The zero-order chi connectivity index (χ0) is 45.4. The smallest absolute Gasteiger partial charge is 0.219 e. The van der Waals surface area contributed by atoms with E-state index in [2.05, 4.69) is 43.2 Å². The summed E-state index contributed by atoms with van der Waals surface area (Å²) in [4.78, 5) is 14.2. The van der Waals surface area contributed by atoms with Crippen LogP contribution in [0.5, 0.6) is 0 Å². The fourth-order valence-electron chi connectivity index (χ4n) is 15.0. The first kappa shape index (κ1) is 50.9. The third-order valence-corrected chi connectivity index (χ3v) is 18.1. The van der Waals surface area contributed by atoms with E-state index in [-0.39, 0.29) is 35.9 Å². The highest BCUT2D eigenvalue weighted by Crippen LogP contribution is 2.87. The molecule has 0 aromatic carbocycles. The van der Waals surface area contributed by atoms with Gasteiger partial charge in [-0.2, -0.15) is 0 Å². The molecule has 0 radical (unpaired) electrons. The standard InChI is InChI=1S/C52H93N3O9/c1-8-10-14-45(56)54-25-13-29-59-32-34-60-33-31-58-28-12-24-53-23-11-26-55-27-30-62-46(36-55)64-44-19-20-52-37-51(52)22-21-50(7)39-15-17-41(47(61-9-2)49(5,6)57)63-42(39)35-40(50)38(51)16-18-43(52)48(44,3)4/h38-44,46-47,53,57H,8-37H2,1-7H3,(H,54,56)/t38?,39?,40?,41?,42?,43?,44-,46?,47-,50?,51-,52?/m0/s1. The molecule has 3 N–H and O–H groups in total. The van der Waals surface area contributed by atoms with Crippen LogP contribution in [-0.4, -0.2) is 144 Å². The van der Waals surface area contributed by atoms with Gasteiger partial charge in [0, 0.05) is 45.9 Å². The lowest BCUT2D eigenvalue weighted by Gasteiger charge is -2.60. The van der Waals surface area contributed by atoms with Crippen molar-refractivity contribution in [2.75, 3.05) is 92.1 Å². The summed E-state index contributed by atoms with van der Waals surface area (Å²) in [6, 6.07) is 0. The van der Waals surface area contributed by atoms with Crippen LogP contribution >= 0.6 is 0 Å². The maximum absolute atomic E-state index is 11.6. The SMILES string of the molecule is CCCCC(=O)NCCCOCCOCCOCCCNCCCN1CCOC(O[C@H]2CCC34C[C@]35CCC3(C)C6CCC([C@H](OCC)C(C)(C)O)OC6CC3C5CCC4C2(C)C)C1. The lowest BCUT2D eigenvalue weighted by Crippen LogP contribution is -2.56. The molecular weight excluding hydrogens is 811 g/mol. The van der Waals surface area contributed by atoms with E-state index in [0.29, 0.717) is 80.9 Å². The van der Waals surface area contributed by atoms with Crippen molar-refractivity contribution < 1.29 is 43.1 Å². The molecule has 12 nitrogen and oxygen atoms in total. The minimum absolute atomic E-state index is 0.0209. The van der Waals surface area contributed by atoms with Crippen molar-refractivity contribution in [1.82, 2.24) is 15.5 Å². The predicted molar refractivity (Wildman–Crippen MR) is 250 cm³/mol. The molecule has 7 aliphatic rings. The van der Waals surface area contributed by atoms with Gasteiger partial charge in [-0.15, -0.1) is 0 Å². The fourth-order valence-corrected chi connectivity index (χ4v) is 15.0. The fraction of sp³-hybridized carbons (Fsp3) is 0.981. The number of unbranched alkanes of at least 4 members (excludes halogenated alkanes) is 1. The summed E-state index contributed by atoms with van der Waals surface area (Å²) in [6.45, 7) is 26.2. The number of fused-ring (bicyclic) bond motifs is 4. The van der Waals surface area contributed by atoms with Crippen LogP contribution in [0, 0.1) is 45.3 Å². The molecule has 2 aliphatic heterocycles. The number of nitrogens with zero attached hydrogens (tertiary/aromatic N) is 1. The maximum Gasteiger partial charge on any atom is 0.219 e. The molecule has 12 heteroatoms. The normalized spacial score (nSPS) is 37.2. The Morgan fingerprint density at radius 2 is 1.55 bits per heavy atom. The molecule has 7 fully saturated rings. The predicted octanol–water partition coefficient (Wildman–Crippen LogP) is 7.53. The number of ether oxygens (including phenoxy) is 7. The van der Waals surface area contributed by atoms with Gasteiger partial charge in [0.25, 0.3) is 0 Å². The summed E-state index contributed by atoms with van der Waals surface area (Å²) >= 11 is 0.